The third-order valence-electron chi connectivity index (χ3n) is 1.21. The number of rotatable bonds is 4. The van der Waals surface area contributed by atoms with Gasteiger partial charge in [0.1, 0.15) is 6.29 Å². The van der Waals surface area contributed by atoms with E-state index < -0.39 is 0 Å². The summed E-state index contributed by atoms with van der Waals surface area (Å²) < 4.78 is 0. The maximum absolute atomic E-state index is 9.86. The number of aldehydes is 1. The molecule has 1 rings (SSSR count). The van der Waals surface area contributed by atoms with E-state index in [1.165, 1.54) is 0 Å². The summed E-state index contributed by atoms with van der Waals surface area (Å²) in [7, 11) is 0. The van der Waals surface area contributed by atoms with Crippen molar-refractivity contribution in [3.05, 3.63) is 24.0 Å². The van der Waals surface area contributed by atoms with Crippen molar-refractivity contribution in [1.82, 2.24) is 10.3 Å². The van der Waals surface area contributed by atoms with Crippen molar-refractivity contribution in [1.29, 1.82) is 0 Å². The van der Waals surface area contributed by atoms with Crippen LogP contribution >= 0.6 is 0 Å². The quantitative estimate of drug-likeness (QED) is 0.464. The Morgan fingerprint density at radius 2 is 2.60 bits per heavy atom. The summed E-state index contributed by atoms with van der Waals surface area (Å²) >= 11 is 0. The highest BCUT2D eigenvalue weighted by Gasteiger charge is 1.88. The van der Waals surface area contributed by atoms with Gasteiger partial charge >= 0.3 is 0 Å². The molecule has 0 aliphatic rings. The molecule has 0 radical (unpaired) electrons. The lowest BCUT2D eigenvalue weighted by molar-refractivity contribution is -0.107. The van der Waals surface area contributed by atoms with Gasteiger partial charge in [-0.1, -0.05) is 0 Å². The van der Waals surface area contributed by atoms with Crippen LogP contribution in [0.15, 0.2) is 18.3 Å². The van der Waals surface area contributed by atoms with Crippen molar-refractivity contribution in [2.75, 3.05) is 6.54 Å². The van der Waals surface area contributed by atoms with E-state index in [0.29, 0.717) is 6.54 Å². The van der Waals surface area contributed by atoms with Crippen LogP contribution < -0.4 is 5.32 Å². The van der Waals surface area contributed by atoms with E-state index in [1.54, 1.807) is 0 Å². The molecule has 3 nitrogen and oxygen atoms in total. The predicted molar refractivity (Wildman–Crippen MR) is 38.6 cm³/mol. The Labute approximate surface area is 59.4 Å². The molecule has 0 fully saturated rings. The first kappa shape index (κ1) is 7.02. The molecule has 1 heterocycles. The highest BCUT2D eigenvalue weighted by molar-refractivity contribution is 5.51. The summed E-state index contributed by atoms with van der Waals surface area (Å²) in [6.45, 7) is 1.14. The van der Waals surface area contributed by atoms with E-state index in [9.17, 15) is 4.79 Å². The molecule has 0 unspecified atom stereocenters. The summed E-state index contributed by atoms with van der Waals surface area (Å²) in [5.74, 6) is 0. The van der Waals surface area contributed by atoms with Crippen LogP contribution in [0.2, 0.25) is 0 Å². The topological polar surface area (TPSA) is 44.9 Å². The van der Waals surface area contributed by atoms with Gasteiger partial charge in [0.2, 0.25) is 0 Å². The number of carbonyl (C=O) groups excluding carboxylic acids is 1. The van der Waals surface area contributed by atoms with Crippen LogP contribution in [-0.4, -0.2) is 17.8 Å². The van der Waals surface area contributed by atoms with Crippen molar-refractivity contribution in [2.24, 2.45) is 0 Å². The Morgan fingerprint density at radius 3 is 3.20 bits per heavy atom. The number of nitrogens with one attached hydrogen (secondary N) is 2. The second-order valence-corrected chi connectivity index (χ2v) is 1.99. The zero-order chi connectivity index (χ0) is 7.23. The van der Waals surface area contributed by atoms with Crippen molar-refractivity contribution in [3.63, 3.8) is 0 Å². The maximum atomic E-state index is 9.86. The van der Waals surface area contributed by atoms with Gasteiger partial charge in [0.15, 0.2) is 0 Å². The number of aromatic nitrogens is 1. The van der Waals surface area contributed by atoms with Crippen LogP contribution in [-0.2, 0) is 11.3 Å². The fourth-order valence-corrected chi connectivity index (χ4v) is 0.743. The molecule has 54 valence electrons. The second kappa shape index (κ2) is 3.85. The molecule has 1 aromatic rings. The first-order valence-corrected chi connectivity index (χ1v) is 3.20. The third kappa shape index (κ3) is 2.03. The molecule has 0 amide bonds. The fraction of sp³-hybridized carbons (Fsp3) is 0.286. The molecule has 0 saturated carbocycles. The first-order chi connectivity index (χ1) is 4.93. The van der Waals surface area contributed by atoms with Gasteiger partial charge in [0.05, 0.1) is 6.54 Å². The fourth-order valence-electron chi connectivity index (χ4n) is 0.743. The molecule has 0 aliphatic heterocycles. The number of H-pyrrole nitrogens is 1. The minimum Gasteiger partial charge on any atom is -0.364 e. The normalized spacial score (nSPS) is 9.60. The zero-order valence-corrected chi connectivity index (χ0v) is 5.63. The Balaban J connectivity index is 2.21. The molecule has 1 aromatic heterocycles. The van der Waals surface area contributed by atoms with E-state index in [4.69, 9.17) is 0 Å². The van der Waals surface area contributed by atoms with E-state index in [-0.39, 0.29) is 0 Å². The van der Waals surface area contributed by atoms with Gasteiger partial charge in [0, 0.05) is 18.4 Å². The smallest absolute Gasteiger partial charge is 0.133 e. The summed E-state index contributed by atoms with van der Waals surface area (Å²) in [5, 5.41) is 2.94. The minimum atomic E-state index is 0.416. The summed E-state index contributed by atoms with van der Waals surface area (Å²) in [6, 6.07) is 3.90. The number of carbonyl (C=O) groups is 1. The van der Waals surface area contributed by atoms with Crippen LogP contribution in [0.1, 0.15) is 5.69 Å². The number of hydrogen-bond acceptors (Lipinski definition) is 2. The van der Waals surface area contributed by atoms with Crippen LogP contribution in [0.25, 0.3) is 0 Å². The SMILES string of the molecule is O=CCNCc1ccc[nH]1. The van der Waals surface area contributed by atoms with E-state index in [1.807, 2.05) is 18.3 Å². The highest BCUT2D eigenvalue weighted by atomic mass is 16.1. The molecular formula is C7H10N2O. The van der Waals surface area contributed by atoms with Gasteiger partial charge in [-0.2, -0.15) is 0 Å². The van der Waals surface area contributed by atoms with E-state index in [2.05, 4.69) is 10.3 Å². The van der Waals surface area contributed by atoms with Crippen molar-refractivity contribution >= 4 is 6.29 Å². The highest BCUT2D eigenvalue weighted by Crippen LogP contribution is 1.91. The molecular weight excluding hydrogens is 128 g/mol. The van der Waals surface area contributed by atoms with E-state index >= 15 is 0 Å². The standard InChI is InChI=1S/C7H10N2O/c10-5-4-8-6-7-2-1-3-9-7/h1-3,5,8-9H,4,6H2. The zero-order valence-electron chi connectivity index (χ0n) is 5.63. The first-order valence-electron chi connectivity index (χ1n) is 3.20. The molecule has 0 saturated heterocycles. The van der Waals surface area contributed by atoms with Gasteiger partial charge in [-0.3, -0.25) is 0 Å². The summed E-state index contributed by atoms with van der Waals surface area (Å²) in [5.41, 5.74) is 1.10. The summed E-state index contributed by atoms with van der Waals surface area (Å²) in [6.07, 6.45) is 2.71. The molecule has 2 N–H and O–H groups in total. The Bertz CT molecular complexity index is 181. The lowest BCUT2D eigenvalue weighted by Crippen LogP contribution is -2.15. The Morgan fingerprint density at radius 1 is 1.70 bits per heavy atom. The second-order valence-electron chi connectivity index (χ2n) is 1.99. The van der Waals surface area contributed by atoms with Crippen LogP contribution in [0, 0.1) is 0 Å². The van der Waals surface area contributed by atoms with E-state index in [0.717, 1.165) is 18.5 Å². The Hall–Kier alpha value is -1.09. The summed E-state index contributed by atoms with van der Waals surface area (Å²) in [4.78, 5) is 12.9. The average molecular weight is 138 g/mol. The van der Waals surface area contributed by atoms with Crippen LogP contribution in [0.4, 0.5) is 0 Å². The molecule has 3 heteroatoms. The van der Waals surface area contributed by atoms with Gasteiger partial charge in [-0.15, -0.1) is 0 Å². The minimum absolute atomic E-state index is 0.416. The van der Waals surface area contributed by atoms with Gasteiger partial charge in [-0.05, 0) is 12.1 Å². The number of hydrogen-bond donors (Lipinski definition) is 2. The van der Waals surface area contributed by atoms with Crippen LogP contribution in [0.5, 0.6) is 0 Å². The third-order valence-corrected chi connectivity index (χ3v) is 1.21. The largest absolute Gasteiger partial charge is 0.364 e. The van der Waals surface area contributed by atoms with Crippen molar-refractivity contribution in [3.8, 4) is 0 Å². The maximum Gasteiger partial charge on any atom is 0.133 e. The lowest BCUT2D eigenvalue weighted by atomic mass is 10.4. The van der Waals surface area contributed by atoms with Gasteiger partial charge in [0.25, 0.3) is 0 Å². The Kier molecular flexibility index (Phi) is 2.70. The van der Waals surface area contributed by atoms with Gasteiger partial charge in [-0.25, -0.2) is 0 Å². The van der Waals surface area contributed by atoms with Crippen molar-refractivity contribution in [2.45, 2.75) is 6.54 Å². The molecule has 0 aromatic carbocycles. The van der Waals surface area contributed by atoms with Gasteiger partial charge < -0.3 is 15.1 Å². The number of aromatic amines is 1. The molecule has 0 atom stereocenters. The van der Waals surface area contributed by atoms with Crippen molar-refractivity contribution < 1.29 is 4.79 Å². The molecule has 0 bridgehead atoms. The molecule has 0 spiro atoms. The predicted octanol–water partition coefficient (Wildman–Crippen LogP) is 0.303. The molecule has 0 aliphatic carbocycles. The van der Waals surface area contributed by atoms with Crippen LogP contribution in [0.3, 0.4) is 0 Å². The molecule has 10 heavy (non-hydrogen) atoms. The average Bonchev–Trinajstić information content (AvgIpc) is 2.41. The monoisotopic (exact) mass is 138 g/mol. The lowest BCUT2D eigenvalue weighted by Gasteiger charge is -1.95.